The molecule has 0 aliphatic carbocycles. The zero-order chi connectivity index (χ0) is 14.3. The van der Waals surface area contributed by atoms with E-state index in [1.807, 2.05) is 30.3 Å². The van der Waals surface area contributed by atoms with Crippen molar-refractivity contribution in [2.75, 3.05) is 19.6 Å². The van der Waals surface area contributed by atoms with E-state index in [0.29, 0.717) is 5.70 Å². The fraction of sp³-hybridized carbons (Fsp3) is 0.286. The number of allylic oxidation sites excluding steroid dienone is 1. The van der Waals surface area contributed by atoms with Gasteiger partial charge in [-0.05, 0) is 12.5 Å². The van der Waals surface area contributed by atoms with Gasteiger partial charge in [0, 0.05) is 7.11 Å². The molecular weight excluding hydrogens is 266 g/mol. The molecule has 4 nitrogen and oxygen atoms in total. The molecule has 0 atom stereocenters. The Morgan fingerprint density at radius 2 is 1.89 bits per heavy atom. The molecule has 1 aromatic carbocycles. The number of benzene rings is 1. The molecule has 0 bridgehead atoms. The number of hydrogen-bond donors (Lipinski definition) is 0. The van der Waals surface area contributed by atoms with E-state index in [9.17, 15) is 9.59 Å². The van der Waals surface area contributed by atoms with Crippen molar-refractivity contribution in [2.24, 2.45) is 0 Å². The molecule has 0 saturated carbocycles. The minimum absolute atomic E-state index is 0.174. The van der Waals surface area contributed by atoms with Crippen LogP contribution in [0.1, 0.15) is 12.5 Å². The number of hydrogen-bond acceptors (Lipinski definition) is 3. The maximum atomic E-state index is 12.0. The minimum atomic E-state index is -0.472. The second-order valence-corrected chi connectivity index (χ2v) is 4.00. The molecule has 2 amide bonds. The van der Waals surface area contributed by atoms with Gasteiger partial charge < -0.3 is 4.74 Å². The number of imide groups is 1. The predicted octanol–water partition coefficient (Wildman–Crippen LogP) is 2.29. The first kappa shape index (κ1) is 15.4. The first-order valence-electron chi connectivity index (χ1n) is 5.78. The molecule has 0 heterocycles. The van der Waals surface area contributed by atoms with E-state index in [1.165, 1.54) is 7.11 Å². The summed E-state index contributed by atoms with van der Waals surface area (Å²) in [6.07, 6.45) is 1.70. The van der Waals surface area contributed by atoms with E-state index in [4.69, 9.17) is 16.3 Å². The fourth-order valence-corrected chi connectivity index (χ4v) is 1.81. The van der Waals surface area contributed by atoms with E-state index < -0.39 is 11.8 Å². The third-order valence-electron chi connectivity index (χ3n) is 2.46. The van der Waals surface area contributed by atoms with Crippen molar-refractivity contribution in [3.63, 3.8) is 0 Å². The highest BCUT2D eigenvalue weighted by Crippen LogP contribution is 2.20. The lowest BCUT2D eigenvalue weighted by Crippen LogP contribution is -2.38. The second-order valence-electron chi connectivity index (χ2n) is 3.73. The van der Waals surface area contributed by atoms with E-state index in [-0.39, 0.29) is 12.5 Å². The third kappa shape index (κ3) is 3.91. The number of carbonyl (C=O) groups is 2. The minimum Gasteiger partial charge on any atom is -0.375 e. The smallest absolute Gasteiger partial charge is 0.259 e. The topological polar surface area (TPSA) is 46.6 Å². The lowest BCUT2D eigenvalue weighted by molar-refractivity contribution is -0.141. The lowest BCUT2D eigenvalue weighted by atomic mass is 10.1. The van der Waals surface area contributed by atoms with Crippen LogP contribution >= 0.6 is 11.6 Å². The van der Waals surface area contributed by atoms with Crippen molar-refractivity contribution < 1.29 is 14.3 Å². The van der Waals surface area contributed by atoms with Gasteiger partial charge in [-0.3, -0.25) is 9.59 Å². The lowest BCUT2D eigenvalue weighted by Gasteiger charge is -2.23. The highest BCUT2D eigenvalue weighted by molar-refractivity contribution is 6.29. The van der Waals surface area contributed by atoms with Gasteiger partial charge in [0.05, 0.1) is 5.70 Å². The third-order valence-corrected chi connectivity index (χ3v) is 2.69. The molecule has 0 aromatic heterocycles. The number of methoxy groups -OCH3 is 1. The molecule has 0 aliphatic heterocycles. The van der Waals surface area contributed by atoms with Gasteiger partial charge in [-0.1, -0.05) is 36.4 Å². The van der Waals surface area contributed by atoms with Crippen LogP contribution in [-0.4, -0.2) is 36.3 Å². The molecule has 0 N–H and O–H groups in total. The Balaban J connectivity index is 3.15. The average molecular weight is 282 g/mol. The molecule has 0 radical (unpaired) electrons. The molecular formula is C14H16ClNO3. The molecule has 5 heteroatoms. The van der Waals surface area contributed by atoms with E-state index in [0.717, 1.165) is 10.5 Å². The SMILES string of the molecule is CC=C(c1ccccc1)N(C(=O)CCl)C(=O)COC. The summed E-state index contributed by atoms with van der Waals surface area (Å²) < 4.78 is 4.80. The molecule has 0 saturated heterocycles. The van der Waals surface area contributed by atoms with Crippen LogP contribution in [0.4, 0.5) is 0 Å². The Labute approximate surface area is 117 Å². The number of rotatable bonds is 5. The van der Waals surface area contributed by atoms with Gasteiger partial charge in [0.2, 0.25) is 5.91 Å². The number of amides is 2. The summed E-state index contributed by atoms with van der Waals surface area (Å²) in [4.78, 5) is 24.9. The second kappa shape index (κ2) is 7.71. The van der Waals surface area contributed by atoms with Crippen molar-refractivity contribution >= 4 is 29.1 Å². The zero-order valence-electron chi connectivity index (χ0n) is 10.9. The van der Waals surface area contributed by atoms with Gasteiger partial charge in [0.1, 0.15) is 12.5 Å². The summed E-state index contributed by atoms with van der Waals surface area (Å²) in [6.45, 7) is 1.59. The van der Waals surface area contributed by atoms with Crippen molar-refractivity contribution in [1.29, 1.82) is 0 Å². The quantitative estimate of drug-likeness (QED) is 0.778. The molecule has 0 unspecified atom stereocenters. The van der Waals surface area contributed by atoms with Crippen LogP contribution in [-0.2, 0) is 14.3 Å². The van der Waals surface area contributed by atoms with Crippen molar-refractivity contribution in [1.82, 2.24) is 4.90 Å². The standard InChI is InChI=1S/C14H16ClNO3/c1-3-12(11-7-5-4-6-8-11)16(13(17)9-15)14(18)10-19-2/h3-8H,9-10H2,1-2H3. The number of alkyl halides is 1. The van der Waals surface area contributed by atoms with E-state index in [2.05, 4.69) is 0 Å². The van der Waals surface area contributed by atoms with Gasteiger partial charge in [-0.25, -0.2) is 4.90 Å². The van der Waals surface area contributed by atoms with Gasteiger partial charge in [0.15, 0.2) is 0 Å². The van der Waals surface area contributed by atoms with Crippen LogP contribution in [0.3, 0.4) is 0 Å². The van der Waals surface area contributed by atoms with Crippen molar-refractivity contribution in [3.8, 4) is 0 Å². The Morgan fingerprint density at radius 3 is 2.37 bits per heavy atom. The molecule has 0 fully saturated rings. The van der Waals surface area contributed by atoms with Crippen LogP contribution in [0.15, 0.2) is 36.4 Å². The number of nitrogens with zero attached hydrogens (tertiary/aromatic N) is 1. The largest absolute Gasteiger partial charge is 0.375 e. The van der Waals surface area contributed by atoms with Crippen LogP contribution < -0.4 is 0 Å². The van der Waals surface area contributed by atoms with Gasteiger partial charge >= 0.3 is 0 Å². The summed E-state index contributed by atoms with van der Waals surface area (Å²) in [5.74, 6) is -1.18. The number of ether oxygens (including phenoxy) is 1. The van der Waals surface area contributed by atoms with Gasteiger partial charge in [-0.2, -0.15) is 0 Å². The Bertz CT molecular complexity index is 471. The Morgan fingerprint density at radius 1 is 1.26 bits per heavy atom. The average Bonchev–Trinajstić information content (AvgIpc) is 2.44. The summed E-state index contributed by atoms with van der Waals surface area (Å²) in [5.41, 5.74) is 1.28. The molecule has 1 rings (SSSR count). The normalized spacial score (nSPS) is 11.2. The highest BCUT2D eigenvalue weighted by atomic mass is 35.5. The van der Waals surface area contributed by atoms with Crippen molar-refractivity contribution in [3.05, 3.63) is 42.0 Å². The molecule has 0 aliphatic rings. The first-order chi connectivity index (χ1) is 9.15. The van der Waals surface area contributed by atoms with Crippen LogP contribution in [0.5, 0.6) is 0 Å². The first-order valence-corrected chi connectivity index (χ1v) is 6.31. The molecule has 102 valence electrons. The summed E-state index contributed by atoms with van der Waals surface area (Å²) in [6, 6.07) is 9.18. The van der Waals surface area contributed by atoms with Gasteiger partial charge in [-0.15, -0.1) is 11.6 Å². The number of halogens is 1. The molecule has 19 heavy (non-hydrogen) atoms. The fourth-order valence-electron chi connectivity index (χ4n) is 1.69. The number of carbonyl (C=O) groups excluding carboxylic acids is 2. The molecule has 1 aromatic rings. The van der Waals surface area contributed by atoms with E-state index in [1.54, 1.807) is 13.0 Å². The van der Waals surface area contributed by atoms with Crippen LogP contribution in [0.2, 0.25) is 0 Å². The van der Waals surface area contributed by atoms with Crippen LogP contribution in [0, 0.1) is 0 Å². The maximum absolute atomic E-state index is 12.0. The van der Waals surface area contributed by atoms with Crippen LogP contribution in [0.25, 0.3) is 5.70 Å². The zero-order valence-corrected chi connectivity index (χ0v) is 11.7. The van der Waals surface area contributed by atoms with E-state index >= 15 is 0 Å². The summed E-state index contributed by atoms with van der Waals surface area (Å²) >= 11 is 5.57. The Hall–Kier alpha value is -1.65. The maximum Gasteiger partial charge on any atom is 0.259 e. The molecule has 0 spiro atoms. The summed E-state index contributed by atoms with van der Waals surface area (Å²) in [5, 5.41) is 0. The predicted molar refractivity (Wildman–Crippen MR) is 74.5 cm³/mol. The van der Waals surface area contributed by atoms with Crippen molar-refractivity contribution in [2.45, 2.75) is 6.92 Å². The highest BCUT2D eigenvalue weighted by Gasteiger charge is 2.24. The van der Waals surface area contributed by atoms with Gasteiger partial charge in [0.25, 0.3) is 5.91 Å². The summed E-state index contributed by atoms with van der Waals surface area (Å²) in [7, 11) is 1.40. The monoisotopic (exact) mass is 281 g/mol. The Kier molecular flexibility index (Phi) is 6.25.